The molecule has 0 unspecified atom stereocenters. The van der Waals surface area contributed by atoms with E-state index in [4.69, 9.17) is 29.8 Å². The number of Topliss-reactive ketones (excluding diaryl/α,β-unsaturated/α-hetero) is 1. The first kappa shape index (κ1) is 62.2. The van der Waals surface area contributed by atoms with Crippen LogP contribution in [-0.2, 0) is 51.2 Å². The largest absolute Gasteiger partial charge is 0.382 e. The quantitative estimate of drug-likeness (QED) is 0.0431. The van der Waals surface area contributed by atoms with Crippen LogP contribution in [0.5, 0.6) is 0 Å². The molecule has 5 heterocycles. The highest BCUT2D eigenvalue weighted by molar-refractivity contribution is 5.96. The second-order valence-electron chi connectivity index (χ2n) is 22.4. The van der Waals surface area contributed by atoms with Crippen molar-refractivity contribution < 1.29 is 47.3 Å². The molecule has 442 valence electrons. The number of likely N-dealkylation sites (tertiary alicyclic amines) is 1. The number of nitrogens with two attached hydrogens (primary N) is 1. The zero-order valence-corrected chi connectivity index (χ0v) is 48.7. The summed E-state index contributed by atoms with van der Waals surface area (Å²) in [4.78, 5) is 78.2. The lowest BCUT2D eigenvalue weighted by Crippen LogP contribution is -2.59. The van der Waals surface area contributed by atoms with Gasteiger partial charge in [-0.3, -0.25) is 28.7 Å². The number of halogens is 1. The van der Waals surface area contributed by atoms with Crippen molar-refractivity contribution in [3.05, 3.63) is 94.7 Å². The normalized spacial score (nSPS) is 18.3. The number of nitrogens with zero attached hydrogens (tertiary/aromatic N) is 6. The maximum Gasteiger partial charge on any atom is 0.254 e. The number of rotatable bonds is 28. The van der Waals surface area contributed by atoms with Crippen molar-refractivity contribution in [2.45, 2.75) is 136 Å². The minimum absolute atomic E-state index is 0.0850. The average Bonchev–Trinajstić information content (AvgIpc) is 4.23. The molecule has 0 radical (unpaired) electrons. The van der Waals surface area contributed by atoms with Crippen molar-refractivity contribution in [1.29, 1.82) is 0 Å². The predicted octanol–water partition coefficient (Wildman–Crippen LogP) is 5.67. The Morgan fingerprint density at radius 2 is 1.60 bits per heavy atom. The van der Waals surface area contributed by atoms with Crippen molar-refractivity contribution in [2.75, 3.05) is 97.2 Å². The van der Waals surface area contributed by atoms with Gasteiger partial charge in [0.05, 0.1) is 88.9 Å². The van der Waals surface area contributed by atoms with Gasteiger partial charge in [-0.05, 0) is 93.8 Å². The number of carbonyl (C=O) groups excluding carboxylic acids is 5. The summed E-state index contributed by atoms with van der Waals surface area (Å²) in [6.45, 7) is 16.5. The van der Waals surface area contributed by atoms with E-state index >= 15 is 0 Å². The van der Waals surface area contributed by atoms with Gasteiger partial charge in [-0.15, -0.1) is 0 Å². The maximum absolute atomic E-state index is 14.7. The molecule has 2 fully saturated rings. The van der Waals surface area contributed by atoms with Gasteiger partial charge in [0.15, 0.2) is 0 Å². The number of likely N-dealkylation sites (N-methyl/N-ethyl adjacent to an activating group) is 1. The Labute approximate surface area is 476 Å². The molecule has 2 bridgehead atoms. The molecule has 3 aliphatic rings. The third-order valence-corrected chi connectivity index (χ3v) is 15.5. The van der Waals surface area contributed by atoms with E-state index in [0.29, 0.717) is 121 Å². The molecule has 0 saturated carbocycles. The van der Waals surface area contributed by atoms with Crippen LogP contribution in [-0.4, -0.2) is 165 Å². The van der Waals surface area contributed by atoms with Crippen LogP contribution in [0.25, 0.3) is 11.1 Å². The third-order valence-electron chi connectivity index (χ3n) is 15.5. The topological polar surface area (TPSA) is 237 Å². The Balaban J connectivity index is 0.774. The maximum atomic E-state index is 14.7. The minimum atomic E-state index is -0.849. The number of anilines is 2. The number of ketones is 1. The number of hydrogen-bond acceptors (Lipinski definition) is 15. The molecule has 3 aliphatic heterocycles. The van der Waals surface area contributed by atoms with Crippen molar-refractivity contribution >= 4 is 40.9 Å². The molecule has 21 heteroatoms. The van der Waals surface area contributed by atoms with Crippen molar-refractivity contribution in [3.63, 3.8) is 0 Å². The van der Waals surface area contributed by atoms with E-state index < -0.39 is 29.4 Å². The van der Waals surface area contributed by atoms with Gasteiger partial charge in [0.25, 0.3) is 5.91 Å². The number of ether oxygens (including phenoxy) is 4. The van der Waals surface area contributed by atoms with E-state index in [0.717, 1.165) is 40.9 Å². The molecule has 0 aliphatic carbocycles. The molecule has 4 amide bonds. The Morgan fingerprint density at radius 1 is 0.914 bits per heavy atom. The number of hydrogen-bond donors (Lipinski definition) is 5. The number of aromatic nitrogens is 3. The Bertz CT molecular complexity index is 2760. The lowest BCUT2D eigenvalue weighted by molar-refractivity contribution is -0.144. The van der Waals surface area contributed by atoms with E-state index in [1.807, 2.05) is 75.7 Å². The number of pyridine rings is 1. The van der Waals surface area contributed by atoms with Gasteiger partial charge in [-0.25, -0.2) is 9.37 Å². The summed E-state index contributed by atoms with van der Waals surface area (Å²) in [5, 5.41) is 17.5. The molecule has 20 nitrogen and oxygen atoms in total. The zero-order valence-electron chi connectivity index (χ0n) is 48.7. The van der Waals surface area contributed by atoms with E-state index in [9.17, 15) is 28.4 Å². The molecule has 4 aromatic rings. The fourth-order valence-corrected chi connectivity index (χ4v) is 10.9. The van der Waals surface area contributed by atoms with Crippen molar-refractivity contribution in [2.24, 2.45) is 5.41 Å². The van der Waals surface area contributed by atoms with Crippen LogP contribution >= 0.6 is 0 Å². The number of fused-ring (bicyclic) bond motifs is 8. The fourth-order valence-electron chi connectivity index (χ4n) is 10.9. The van der Waals surface area contributed by atoms with Crippen LogP contribution < -0.4 is 31.9 Å². The van der Waals surface area contributed by atoms with Crippen LogP contribution in [0.3, 0.4) is 0 Å². The SMILES string of the molecule is CC[C@H](NC(=O)[C@H]1C[C@@H](NCCOCCOCCOCCOCCC(=O)CCCn2nc3c(c2C)-c2cnc(N)c(c2)N2CCC[C@@H]2c2cc(F)ccc2C(=O)N(C)C3)CN1C(=O)[C@H](NC(=O)[C@@H](C)NC)C(C)(C)C)c1ccccc1. The fraction of sp³-hybridized carbons (Fsp3) is 0.583. The summed E-state index contributed by atoms with van der Waals surface area (Å²) in [5.74, 6) is -0.989. The molecule has 2 saturated heterocycles. The number of benzene rings is 2. The molecule has 81 heavy (non-hydrogen) atoms. The molecule has 6 atom stereocenters. The smallest absolute Gasteiger partial charge is 0.254 e. The van der Waals surface area contributed by atoms with Crippen LogP contribution in [0.4, 0.5) is 15.9 Å². The number of carbonyl (C=O) groups is 5. The summed E-state index contributed by atoms with van der Waals surface area (Å²) < 4.78 is 39.5. The highest BCUT2D eigenvalue weighted by Crippen LogP contribution is 2.43. The average molecular weight is 1120 g/mol. The Kier molecular flexibility index (Phi) is 22.7. The van der Waals surface area contributed by atoms with Crippen LogP contribution in [0.2, 0.25) is 0 Å². The van der Waals surface area contributed by atoms with Crippen LogP contribution in [0.15, 0.2) is 60.8 Å². The standard InChI is InChI=1S/C60H86FN11O9/c1-9-48(41-15-11-10-12-16-41)66-57(75)52-35-44(37-71(52)59(77)54(60(4,5)6)67-56(74)39(2)63-7)64-22-26-79-28-30-81-32-31-80-29-27-78-25-21-45(73)17-13-24-72-40(3)53-42-33-51(55(62)65-36-42)70-23-14-18-50(70)47-34-43(61)19-20-46(47)58(76)69(8)38-49(53)68-72/h10-12,15-16,19-20,33-34,36,39,44,48,50,52,54,63-64H,9,13-14,17-18,21-32,35,37-38H2,1-8H3,(H2,62,65)(H,66,75)(H,67,74)/t39-,44-,48+,50-,52-,54+/m1/s1. The summed E-state index contributed by atoms with van der Waals surface area (Å²) in [5.41, 5.74) is 12.0. The second-order valence-corrected chi connectivity index (χ2v) is 22.4. The Hall–Kier alpha value is -6.36. The van der Waals surface area contributed by atoms with E-state index in [1.165, 1.54) is 12.1 Å². The molecule has 0 spiro atoms. The summed E-state index contributed by atoms with van der Waals surface area (Å²) in [7, 11) is 3.42. The summed E-state index contributed by atoms with van der Waals surface area (Å²) in [6, 6.07) is 13.5. The first-order valence-corrected chi connectivity index (χ1v) is 28.7. The van der Waals surface area contributed by atoms with Crippen molar-refractivity contribution in [3.8, 4) is 11.1 Å². The van der Waals surface area contributed by atoms with Crippen LogP contribution in [0, 0.1) is 18.2 Å². The van der Waals surface area contributed by atoms with E-state index in [1.54, 1.807) is 43.1 Å². The van der Waals surface area contributed by atoms with E-state index in [-0.39, 0.29) is 67.1 Å². The first-order valence-electron chi connectivity index (χ1n) is 28.7. The van der Waals surface area contributed by atoms with Crippen LogP contribution in [0.1, 0.15) is 125 Å². The molecule has 6 N–H and O–H groups in total. The highest BCUT2D eigenvalue weighted by Gasteiger charge is 2.45. The molecular weight excluding hydrogens is 1040 g/mol. The third kappa shape index (κ3) is 16.4. The monoisotopic (exact) mass is 1120 g/mol. The van der Waals surface area contributed by atoms with Gasteiger partial charge in [0, 0.05) is 80.7 Å². The lowest BCUT2D eigenvalue weighted by atomic mass is 9.85. The second kappa shape index (κ2) is 29.6. The Morgan fingerprint density at radius 3 is 2.28 bits per heavy atom. The minimum Gasteiger partial charge on any atom is -0.382 e. The van der Waals surface area contributed by atoms with Gasteiger partial charge < -0.3 is 60.6 Å². The van der Waals surface area contributed by atoms with E-state index in [2.05, 4.69) is 31.2 Å². The first-order chi connectivity index (χ1) is 38.9. The number of amides is 4. The van der Waals surface area contributed by atoms with Crippen molar-refractivity contribution in [1.82, 2.24) is 45.8 Å². The molecule has 7 rings (SSSR count). The number of aryl methyl sites for hydroxylation is 1. The van der Waals surface area contributed by atoms with Gasteiger partial charge in [-0.1, -0.05) is 58.0 Å². The van der Waals surface area contributed by atoms with Gasteiger partial charge in [-0.2, -0.15) is 5.10 Å². The molecule has 2 aromatic heterocycles. The predicted molar refractivity (Wildman–Crippen MR) is 308 cm³/mol. The van der Waals surface area contributed by atoms with Gasteiger partial charge in [0.1, 0.15) is 29.5 Å². The zero-order chi connectivity index (χ0) is 58.2. The molecular formula is C60H86FN11O9. The van der Waals surface area contributed by atoms with Gasteiger partial charge in [0.2, 0.25) is 17.7 Å². The highest BCUT2D eigenvalue weighted by atomic mass is 19.1. The summed E-state index contributed by atoms with van der Waals surface area (Å²) >= 11 is 0. The summed E-state index contributed by atoms with van der Waals surface area (Å²) in [6.07, 6.45) is 5.63. The number of nitrogens with one attached hydrogen (secondary N) is 4. The lowest BCUT2D eigenvalue weighted by Gasteiger charge is -2.36. The number of nitrogen functional groups attached to an aromatic ring is 1. The molecule has 2 aromatic carbocycles. The van der Waals surface area contributed by atoms with Gasteiger partial charge >= 0.3 is 0 Å².